The summed E-state index contributed by atoms with van der Waals surface area (Å²) in [5.41, 5.74) is -0.563. The van der Waals surface area contributed by atoms with Crippen molar-refractivity contribution in [3.63, 3.8) is 0 Å². The standard InChI is InChI=1S/C26H35N3O5/c1-15(26-11-16-7-17(12-26)9-18(8-16)13-26)27-22(30)14-29-23(31)25(2,28-24(29)32)19-5-6-20(33-3)21(10-19)34-4/h5-6,10,15-18H,7-9,11-14H2,1-4H3,(H,27,30)(H,28,32)/t15-,16?,17?,18?,25-,26?/m0/s1. The fraction of sp³-hybridized carbons (Fsp3) is 0.654. The fourth-order valence-electron chi connectivity index (χ4n) is 7.48. The van der Waals surface area contributed by atoms with Gasteiger partial charge in [0.2, 0.25) is 5.91 Å². The Morgan fingerprint density at radius 2 is 1.68 bits per heavy atom. The molecule has 0 radical (unpaired) electrons. The van der Waals surface area contributed by atoms with Crippen LogP contribution in [0, 0.1) is 23.2 Å². The maximum atomic E-state index is 13.3. The third-order valence-corrected chi connectivity index (χ3v) is 8.92. The third-order valence-electron chi connectivity index (χ3n) is 8.92. The summed E-state index contributed by atoms with van der Waals surface area (Å²) in [6, 6.07) is 4.56. The predicted octanol–water partition coefficient (Wildman–Crippen LogP) is 3.19. The smallest absolute Gasteiger partial charge is 0.325 e. The molecule has 5 aliphatic rings. The summed E-state index contributed by atoms with van der Waals surface area (Å²) >= 11 is 0. The Morgan fingerprint density at radius 1 is 1.09 bits per heavy atom. The van der Waals surface area contributed by atoms with Gasteiger partial charge in [0, 0.05) is 6.04 Å². The first-order valence-corrected chi connectivity index (χ1v) is 12.3. The molecule has 34 heavy (non-hydrogen) atoms. The Bertz CT molecular complexity index is 988. The van der Waals surface area contributed by atoms with Crippen molar-refractivity contribution in [1.29, 1.82) is 0 Å². The highest BCUT2D eigenvalue weighted by molar-refractivity contribution is 6.09. The van der Waals surface area contributed by atoms with Crippen LogP contribution in [-0.4, -0.2) is 49.6 Å². The molecule has 0 spiro atoms. The minimum atomic E-state index is -1.29. The van der Waals surface area contributed by atoms with Crippen LogP contribution < -0.4 is 20.1 Å². The molecule has 1 aromatic carbocycles. The maximum absolute atomic E-state index is 13.3. The molecule has 1 heterocycles. The van der Waals surface area contributed by atoms with Crippen molar-refractivity contribution in [2.45, 2.75) is 64.0 Å². The Morgan fingerprint density at radius 3 is 2.24 bits per heavy atom. The van der Waals surface area contributed by atoms with Crippen LogP contribution in [-0.2, 0) is 15.1 Å². The predicted molar refractivity (Wildman–Crippen MR) is 125 cm³/mol. The minimum absolute atomic E-state index is 0.0337. The van der Waals surface area contributed by atoms with Crippen LogP contribution in [0.1, 0.15) is 57.9 Å². The summed E-state index contributed by atoms with van der Waals surface area (Å²) < 4.78 is 10.6. The molecule has 4 amide bonds. The van der Waals surface area contributed by atoms with Gasteiger partial charge in [0.05, 0.1) is 14.2 Å². The minimum Gasteiger partial charge on any atom is -0.493 e. The van der Waals surface area contributed by atoms with Crippen LogP contribution in [0.3, 0.4) is 0 Å². The molecule has 4 bridgehead atoms. The zero-order valence-electron chi connectivity index (χ0n) is 20.5. The van der Waals surface area contributed by atoms with E-state index in [-0.39, 0.29) is 23.9 Å². The summed E-state index contributed by atoms with van der Waals surface area (Å²) in [5.74, 6) is 2.62. The summed E-state index contributed by atoms with van der Waals surface area (Å²) in [5, 5.41) is 5.92. The molecule has 184 valence electrons. The highest BCUT2D eigenvalue weighted by Gasteiger charge is 2.54. The lowest BCUT2D eigenvalue weighted by Crippen LogP contribution is -2.57. The Labute approximate surface area is 200 Å². The first-order chi connectivity index (χ1) is 16.2. The number of ether oxygens (including phenoxy) is 2. The van der Waals surface area contributed by atoms with E-state index in [1.54, 1.807) is 25.1 Å². The molecule has 0 aromatic heterocycles. The van der Waals surface area contributed by atoms with E-state index in [4.69, 9.17) is 9.47 Å². The van der Waals surface area contributed by atoms with E-state index in [9.17, 15) is 14.4 Å². The summed E-state index contributed by atoms with van der Waals surface area (Å²) in [6.07, 6.45) is 7.58. The van der Waals surface area contributed by atoms with Crippen LogP contribution in [0.25, 0.3) is 0 Å². The van der Waals surface area contributed by atoms with E-state index in [2.05, 4.69) is 17.6 Å². The second-order valence-electron chi connectivity index (χ2n) is 11.1. The van der Waals surface area contributed by atoms with Crippen molar-refractivity contribution in [1.82, 2.24) is 15.5 Å². The van der Waals surface area contributed by atoms with Gasteiger partial charge in [-0.05, 0) is 93.2 Å². The number of carbonyl (C=O) groups is 3. The number of nitrogens with zero attached hydrogens (tertiary/aromatic N) is 1. The van der Waals surface area contributed by atoms with Crippen molar-refractivity contribution >= 4 is 17.8 Å². The summed E-state index contributed by atoms with van der Waals surface area (Å²) in [7, 11) is 3.05. The van der Waals surface area contributed by atoms with Gasteiger partial charge in [-0.15, -0.1) is 0 Å². The molecule has 4 saturated carbocycles. The number of benzene rings is 1. The van der Waals surface area contributed by atoms with Gasteiger partial charge >= 0.3 is 6.03 Å². The number of imide groups is 1. The van der Waals surface area contributed by atoms with E-state index in [1.165, 1.54) is 52.7 Å². The maximum Gasteiger partial charge on any atom is 0.325 e. The monoisotopic (exact) mass is 469 g/mol. The van der Waals surface area contributed by atoms with Crippen molar-refractivity contribution in [3.05, 3.63) is 23.8 Å². The molecule has 1 aliphatic heterocycles. The van der Waals surface area contributed by atoms with Crippen LogP contribution in [0.2, 0.25) is 0 Å². The average molecular weight is 470 g/mol. The van der Waals surface area contributed by atoms with Gasteiger partial charge in [0.15, 0.2) is 11.5 Å². The van der Waals surface area contributed by atoms with Gasteiger partial charge in [0.25, 0.3) is 5.91 Å². The molecule has 4 aliphatic carbocycles. The SMILES string of the molecule is COc1ccc([C@]2(C)NC(=O)N(CC(=O)N[C@@H](C)C34CC5CC(CC(C5)C3)C4)C2=O)cc1OC. The average Bonchev–Trinajstić information content (AvgIpc) is 3.01. The third kappa shape index (κ3) is 3.62. The molecule has 0 unspecified atom stereocenters. The molecule has 5 fully saturated rings. The number of carbonyl (C=O) groups excluding carboxylic acids is 3. The normalized spacial score (nSPS) is 34.7. The second kappa shape index (κ2) is 8.17. The Kier molecular flexibility index (Phi) is 5.52. The molecule has 6 rings (SSSR count). The second-order valence-corrected chi connectivity index (χ2v) is 11.1. The molecule has 1 saturated heterocycles. The zero-order valence-corrected chi connectivity index (χ0v) is 20.5. The van der Waals surface area contributed by atoms with Gasteiger partial charge < -0.3 is 20.1 Å². The first kappa shape index (κ1) is 23.0. The molecule has 2 atom stereocenters. The van der Waals surface area contributed by atoms with Gasteiger partial charge in [0.1, 0.15) is 12.1 Å². The molecule has 2 N–H and O–H groups in total. The highest BCUT2D eigenvalue weighted by Crippen LogP contribution is 2.61. The molecular formula is C26H35N3O5. The largest absolute Gasteiger partial charge is 0.493 e. The summed E-state index contributed by atoms with van der Waals surface area (Å²) in [4.78, 5) is 40.1. The van der Waals surface area contributed by atoms with Crippen molar-refractivity contribution in [3.8, 4) is 11.5 Å². The zero-order chi connectivity index (χ0) is 24.3. The van der Waals surface area contributed by atoms with Crippen molar-refractivity contribution in [2.24, 2.45) is 23.2 Å². The van der Waals surface area contributed by atoms with Crippen LogP contribution in [0.15, 0.2) is 18.2 Å². The highest BCUT2D eigenvalue weighted by atomic mass is 16.5. The van der Waals surface area contributed by atoms with E-state index >= 15 is 0 Å². The number of hydrogen-bond donors (Lipinski definition) is 2. The quantitative estimate of drug-likeness (QED) is 0.598. The number of urea groups is 1. The molecule has 8 nitrogen and oxygen atoms in total. The lowest BCUT2D eigenvalue weighted by Gasteiger charge is -2.59. The van der Waals surface area contributed by atoms with E-state index < -0.39 is 17.5 Å². The van der Waals surface area contributed by atoms with Crippen LogP contribution in [0.5, 0.6) is 11.5 Å². The lowest BCUT2D eigenvalue weighted by atomic mass is 9.48. The van der Waals surface area contributed by atoms with Crippen LogP contribution in [0.4, 0.5) is 4.79 Å². The number of methoxy groups -OCH3 is 2. The van der Waals surface area contributed by atoms with E-state index in [0.29, 0.717) is 17.1 Å². The summed E-state index contributed by atoms with van der Waals surface area (Å²) in [6.45, 7) is 3.46. The first-order valence-electron chi connectivity index (χ1n) is 12.3. The van der Waals surface area contributed by atoms with Gasteiger partial charge in [-0.3, -0.25) is 14.5 Å². The number of amides is 4. The van der Waals surface area contributed by atoms with Crippen molar-refractivity contribution in [2.75, 3.05) is 20.8 Å². The topological polar surface area (TPSA) is 97.0 Å². The van der Waals surface area contributed by atoms with Crippen LogP contribution >= 0.6 is 0 Å². The molecular weight excluding hydrogens is 434 g/mol. The lowest BCUT2D eigenvalue weighted by molar-refractivity contribution is -0.136. The van der Waals surface area contributed by atoms with E-state index in [0.717, 1.165) is 22.7 Å². The van der Waals surface area contributed by atoms with Crippen molar-refractivity contribution < 1.29 is 23.9 Å². The Balaban J connectivity index is 1.27. The number of hydrogen-bond acceptors (Lipinski definition) is 5. The fourth-order valence-corrected chi connectivity index (χ4v) is 7.48. The van der Waals surface area contributed by atoms with E-state index in [1.807, 2.05) is 0 Å². The number of nitrogens with one attached hydrogen (secondary N) is 2. The number of rotatable bonds is 7. The van der Waals surface area contributed by atoms with Gasteiger partial charge in [-0.2, -0.15) is 0 Å². The van der Waals surface area contributed by atoms with Gasteiger partial charge in [-0.1, -0.05) is 6.07 Å². The molecule has 1 aromatic rings. The Hall–Kier alpha value is -2.77. The van der Waals surface area contributed by atoms with Gasteiger partial charge in [-0.25, -0.2) is 4.79 Å². The molecule has 8 heteroatoms.